The zero-order valence-corrected chi connectivity index (χ0v) is 11.4. The number of fused-ring (bicyclic) bond motifs is 1. The average Bonchev–Trinajstić information content (AvgIpc) is 2.80. The molecule has 1 aromatic heterocycles. The highest BCUT2D eigenvalue weighted by atomic mass is 32.1. The Kier molecular flexibility index (Phi) is 3.10. The van der Waals surface area contributed by atoms with Gasteiger partial charge in [-0.2, -0.15) is 5.26 Å². The highest BCUT2D eigenvalue weighted by Crippen LogP contribution is 2.33. The number of carbonyl (C=O) groups excluding carboxylic acids is 1. The molecule has 0 spiro atoms. The van der Waals surface area contributed by atoms with Crippen LogP contribution in [0.1, 0.15) is 13.8 Å². The van der Waals surface area contributed by atoms with Gasteiger partial charge in [-0.1, -0.05) is 18.2 Å². The largest absolute Gasteiger partial charge is 0.313 e. The fourth-order valence-electron chi connectivity index (χ4n) is 1.80. The van der Waals surface area contributed by atoms with Crippen LogP contribution in [0.25, 0.3) is 10.1 Å². The summed E-state index contributed by atoms with van der Waals surface area (Å²) in [6.07, 6.45) is 0. The predicted octanol–water partition coefficient (Wildman–Crippen LogP) is 3.41. The van der Waals surface area contributed by atoms with Gasteiger partial charge in [0.15, 0.2) is 0 Å². The number of hydrogen-bond acceptors (Lipinski definition) is 3. The topological polar surface area (TPSA) is 44.1 Å². The van der Waals surface area contributed by atoms with Crippen molar-refractivity contribution in [3.05, 3.63) is 29.6 Å². The summed E-state index contributed by atoms with van der Waals surface area (Å²) in [6, 6.07) is 9.99. The molecule has 92 valence electrons. The number of thiophene rings is 1. The summed E-state index contributed by atoms with van der Waals surface area (Å²) in [6.45, 7) is 3.28. The normalized spacial score (nSPS) is 11.2. The summed E-state index contributed by atoms with van der Waals surface area (Å²) in [5.74, 6) is -0.187. The van der Waals surface area contributed by atoms with Crippen molar-refractivity contribution >= 4 is 33.0 Å². The van der Waals surface area contributed by atoms with Gasteiger partial charge in [0.1, 0.15) is 5.41 Å². The van der Waals surface area contributed by atoms with Gasteiger partial charge in [-0.3, -0.25) is 4.79 Å². The summed E-state index contributed by atoms with van der Waals surface area (Å²) in [4.78, 5) is 13.8. The number of benzene rings is 1. The van der Waals surface area contributed by atoms with Crippen molar-refractivity contribution in [2.45, 2.75) is 13.8 Å². The molecule has 0 bridgehead atoms. The Hall–Kier alpha value is -1.86. The Morgan fingerprint density at radius 2 is 2.06 bits per heavy atom. The third kappa shape index (κ3) is 1.98. The van der Waals surface area contributed by atoms with E-state index in [1.807, 2.05) is 35.7 Å². The number of rotatable bonds is 2. The molecule has 0 fully saturated rings. The van der Waals surface area contributed by atoms with Crippen LogP contribution in [0, 0.1) is 16.7 Å². The minimum absolute atomic E-state index is 0.187. The van der Waals surface area contributed by atoms with Crippen molar-refractivity contribution in [3.8, 4) is 6.07 Å². The SMILES string of the molecule is CN(C(=O)C(C)(C)C#N)c1csc2ccccc12. The number of nitrogens with zero attached hydrogens (tertiary/aromatic N) is 2. The number of anilines is 1. The number of nitriles is 1. The van der Waals surface area contributed by atoms with Crippen molar-refractivity contribution in [2.24, 2.45) is 5.41 Å². The fourth-order valence-corrected chi connectivity index (χ4v) is 2.78. The molecule has 0 aliphatic carbocycles. The Morgan fingerprint density at radius 3 is 2.72 bits per heavy atom. The second kappa shape index (κ2) is 4.43. The van der Waals surface area contributed by atoms with E-state index < -0.39 is 5.41 Å². The van der Waals surface area contributed by atoms with Gasteiger partial charge < -0.3 is 4.90 Å². The summed E-state index contributed by atoms with van der Waals surface area (Å²) in [5, 5.41) is 12.0. The molecule has 2 rings (SSSR count). The van der Waals surface area contributed by atoms with Crippen molar-refractivity contribution < 1.29 is 4.79 Å². The zero-order valence-electron chi connectivity index (χ0n) is 10.6. The van der Waals surface area contributed by atoms with Gasteiger partial charge in [0.2, 0.25) is 5.91 Å². The first-order valence-corrected chi connectivity index (χ1v) is 6.51. The lowest BCUT2D eigenvalue weighted by Gasteiger charge is -2.23. The molecule has 18 heavy (non-hydrogen) atoms. The summed E-state index contributed by atoms with van der Waals surface area (Å²) < 4.78 is 1.14. The lowest BCUT2D eigenvalue weighted by Crippen LogP contribution is -2.37. The third-order valence-corrected chi connectivity index (χ3v) is 3.89. The molecule has 0 N–H and O–H groups in total. The molecule has 4 heteroatoms. The molecule has 0 aliphatic rings. The zero-order chi connectivity index (χ0) is 13.3. The van der Waals surface area contributed by atoms with E-state index in [9.17, 15) is 4.79 Å². The van der Waals surface area contributed by atoms with E-state index in [1.54, 1.807) is 37.1 Å². The van der Waals surface area contributed by atoms with Crippen LogP contribution in [0.3, 0.4) is 0 Å². The Labute approximate surface area is 110 Å². The second-order valence-electron chi connectivity index (χ2n) is 4.72. The molecule has 2 aromatic rings. The molecule has 0 aliphatic heterocycles. The molecule has 1 aromatic carbocycles. The van der Waals surface area contributed by atoms with Gasteiger partial charge in [0.25, 0.3) is 0 Å². The molecular weight excluding hydrogens is 244 g/mol. The average molecular weight is 258 g/mol. The van der Waals surface area contributed by atoms with Crippen LogP contribution >= 0.6 is 11.3 Å². The van der Waals surface area contributed by atoms with E-state index in [2.05, 4.69) is 0 Å². The van der Waals surface area contributed by atoms with Crippen LogP contribution in [0.2, 0.25) is 0 Å². The van der Waals surface area contributed by atoms with E-state index in [4.69, 9.17) is 5.26 Å². The van der Waals surface area contributed by atoms with Crippen LogP contribution in [0.4, 0.5) is 5.69 Å². The van der Waals surface area contributed by atoms with Gasteiger partial charge in [-0.15, -0.1) is 11.3 Å². The Balaban J connectivity index is 2.44. The molecule has 0 atom stereocenters. The lowest BCUT2D eigenvalue weighted by atomic mass is 9.94. The highest BCUT2D eigenvalue weighted by Gasteiger charge is 2.31. The molecular formula is C14H14N2OS. The monoisotopic (exact) mass is 258 g/mol. The molecule has 0 saturated heterocycles. The molecule has 3 nitrogen and oxygen atoms in total. The number of amides is 1. The first-order valence-electron chi connectivity index (χ1n) is 5.63. The van der Waals surface area contributed by atoms with E-state index in [0.717, 1.165) is 15.8 Å². The summed E-state index contributed by atoms with van der Waals surface area (Å²) in [5.41, 5.74) is -0.137. The van der Waals surface area contributed by atoms with Crippen LogP contribution < -0.4 is 4.90 Å². The van der Waals surface area contributed by atoms with Crippen molar-refractivity contribution in [3.63, 3.8) is 0 Å². The number of hydrogen-bond donors (Lipinski definition) is 0. The summed E-state index contributed by atoms with van der Waals surface area (Å²) in [7, 11) is 1.72. The molecule has 0 unspecified atom stereocenters. The van der Waals surface area contributed by atoms with Crippen molar-refractivity contribution in [2.75, 3.05) is 11.9 Å². The second-order valence-corrected chi connectivity index (χ2v) is 5.63. The van der Waals surface area contributed by atoms with E-state index in [0.29, 0.717) is 0 Å². The van der Waals surface area contributed by atoms with E-state index in [1.165, 1.54) is 0 Å². The minimum atomic E-state index is -1.00. The highest BCUT2D eigenvalue weighted by molar-refractivity contribution is 7.17. The first kappa shape index (κ1) is 12.6. The molecule has 0 radical (unpaired) electrons. The van der Waals surface area contributed by atoms with Crippen molar-refractivity contribution in [1.29, 1.82) is 5.26 Å². The third-order valence-electron chi connectivity index (χ3n) is 2.94. The molecule has 1 amide bonds. The first-order chi connectivity index (χ1) is 8.47. The predicted molar refractivity (Wildman–Crippen MR) is 74.6 cm³/mol. The van der Waals surface area contributed by atoms with E-state index in [-0.39, 0.29) is 5.91 Å². The summed E-state index contributed by atoms with van der Waals surface area (Å²) >= 11 is 1.60. The maximum absolute atomic E-state index is 12.2. The van der Waals surface area contributed by atoms with Gasteiger partial charge in [0, 0.05) is 22.5 Å². The van der Waals surface area contributed by atoms with Crippen LogP contribution in [0.15, 0.2) is 29.6 Å². The van der Waals surface area contributed by atoms with Gasteiger partial charge >= 0.3 is 0 Å². The lowest BCUT2D eigenvalue weighted by molar-refractivity contribution is -0.123. The van der Waals surface area contributed by atoms with Gasteiger partial charge in [0.05, 0.1) is 11.8 Å². The molecule has 1 heterocycles. The Morgan fingerprint density at radius 1 is 1.39 bits per heavy atom. The fraction of sp³-hybridized carbons (Fsp3) is 0.286. The van der Waals surface area contributed by atoms with Crippen LogP contribution in [-0.2, 0) is 4.79 Å². The maximum atomic E-state index is 12.2. The maximum Gasteiger partial charge on any atom is 0.246 e. The van der Waals surface area contributed by atoms with Crippen LogP contribution in [0.5, 0.6) is 0 Å². The smallest absolute Gasteiger partial charge is 0.246 e. The van der Waals surface area contributed by atoms with Crippen LogP contribution in [-0.4, -0.2) is 13.0 Å². The number of carbonyl (C=O) groups is 1. The molecule has 0 saturated carbocycles. The standard InChI is InChI=1S/C14H14N2OS/c1-14(2,9-15)13(17)16(3)11-8-18-12-7-5-4-6-10(11)12/h4-8H,1-3H3. The Bertz CT molecular complexity index is 637. The van der Waals surface area contributed by atoms with Crippen molar-refractivity contribution in [1.82, 2.24) is 0 Å². The quantitative estimate of drug-likeness (QED) is 0.828. The van der Waals surface area contributed by atoms with E-state index >= 15 is 0 Å². The minimum Gasteiger partial charge on any atom is -0.313 e. The van der Waals surface area contributed by atoms with Gasteiger partial charge in [-0.05, 0) is 19.9 Å². The van der Waals surface area contributed by atoms with Gasteiger partial charge in [-0.25, -0.2) is 0 Å².